The summed E-state index contributed by atoms with van der Waals surface area (Å²) in [7, 11) is 0. The Bertz CT molecular complexity index is 1560. The van der Waals surface area contributed by atoms with E-state index in [1.54, 1.807) is 6.08 Å². The van der Waals surface area contributed by atoms with Crippen LogP contribution in [0.1, 0.15) is 226 Å². The van der Waals surface area contributed by atoms with Crippen LogP contribution in [0.3, 0.4) is 0 Å². The molecule has 0 aliphatic carbocycles. The molecule has 3 aliphatic heterocycles. The van der Waals surface area contributed by atoms with Crippen LogP contribution < -0.4 is 5.32 Å². The molecule has 12 N–H and O–H groups in total. The first-order valence-corrected chi connectivity index (χ1v) is 31.6. The van der Waals surface area contributed by atoms with E-state index >= 15 is 0 Å². The zero-order valence-electron chi connectivity index (χ0n) is 49.1. The number of aliphatic hydroxyl groups excluding tert-OH is 11. The van der Waals surface area contributed by atoms with E-state index in [1.807, 2.05) is 6.08 Å². The topological polar surface area (TPSA) is 307 Å². The lowest BCUT2D eigenvalue weighted by atomic mass is 9.96. The molecule has 470 valence electrons. The van der Waals surface area contributed by atoms with Crippen LogP contribution in [-0.4, -0.2) is 193 Å². The Morgan fingerprint density at radius 1 is 0.438 bits per heavy atom. The average molecular weight is 1150 g/mol. The Morgan fingerprint density at radius 3 is 1.21 bits per heavy atom. The zero-order valence-corrected chi connectivity index (χ0v) is 49.1. The zero-order chi connectivity index (χ0) is 58.3. The highest BCUT2D eigenvalue weighted by Gasteiger charge is 2.53. The van der Waals surface area contributed by atoms with Crippen molar-refractivity contribution in [2.24, 2.45) is 0 Å². The molecule has 3 saturated heterocycles. The van der Waals surface area contributed by atoms with Gasteiger partial charge < -0.3 is 89.9 Å². The molecule has 0 spiro atoms. The van der Waals surface area contributed by atoms with E-state index in [0.29, 0.717) is 6.42 Å². The first-order valence-electron chi connectivity index (χ1n) is 31.6. The molecule has 0 bridgehead atoms. The number of hydrogen-bond acceptors (Lipinski definition) is 18. The monoisotopic (exact) mass is 1150 g/mol. The fourth-order valence-electron chi connectivity index (χ4n) is 10.8. The molecule has 0 aromatic carbocycles. The molecule has 0 aromatic heterocycles. The van der Waals surface area contributed by atoms with Gasteiger partial charge in [0.1, 0.15) is 73.2 Å². The average Bonchev–Trinajstić information content (AvgIpc) is 3.55. The van der Waals surface area contributed by atoms with Crippen molar-refractivity contribution in [2.45, 2.75) is 330 Å². The van der Waals surface area contributed by atoms with Gasteiger partial charge in [-0.2, -0.15) is 0 Å². The Kier molecular flexibility index (Phi) is 40.5. The first-order chi connectivity index (χ1) is 38.8. The summed E-state index contributed by atoms with van der Waals surface area (Å²) in [5.74, 6) is -0.277. The highest BCUT2D eigenvalue weighted by Crippen LogP contribution is 2.33. The largest absolute Gasteiger partial charge is 0.394 e. The number of carbonyl (C=O) groups excluding carboxylic acids is 1. The van der Waals surface area contributed by atoms with Crippen LogP contribution in [0.2, 0.25) is 0 Å². The van der Waals surface area contributed by atoms with E-state index in [1.165, 1.54) is 148 Å². The SMILES string of the molecule is CCCCCCCC/C=C/C(O)C(COC1OC(CO)C(OC2OC(CO)C(OC3OC(CO)C(O)C(O)C3O)C(O)C2O)C(O)C1O)NC(=O)CCCCCCCCCCCCCCCCC/C=C\CCCCCCCCCC. The minimum atomic E-state index is -1.97. The summed E-state index contributed by atoms with van der Waals surface area (Å²) in [6.07, 6.45) is 20.6. The molecular weight excluding hydrogens is 1030 g/mol. The third-order valence-electron chi connectivity index (χ3n) is 16.0. The lowest BCUT2D eigenvalue weighted by Gasteiger charge is -2.48. The number of aliphatic hydroxyl groups is 11. The molecule has 17 unspecified atom stereocenters. The van der Waals surface area contributed by atoms with Crippen molar-refractivity contribution < 1.29 is 89.4 Å². The van der Waals surface area contributed by atoms with Gasteiger partial charge in [0.2, 0.25) is 5.91 Å². The predicted molar refractivity (Wildman–Crippen MR) is 305 cm³/mol. The number of amides is 1. The van der Waals surface area contributed by atoms with Crippen LogP contribution in [0.5, 0.6) is 0 Å². The summed E-state index contributed by atoms with van der Waals surface area (Å²) >= 11 is 0. The molecule has 3 rings (SSSR count). The van der Waals surface area contributed by atoms with Gasteiger partial charge in [0.25, 0.3) is 0 Å². The molecule has 0 aromatic rings. The van der Waals surface area contributed by atoms with Gasteiger partial charge in [-0.25, -0.2) is 0 Å². The van der Waals surface area contributed by atoms with Crippen molar-refractivity contribution in [3.05, 3.63) is 24.3 Å². The van der Waals surface area contributed by atoms with Gasteiger partial charge in [0.05, 0.1) is 38.6 Å². The molecule has 3 fully saturated rings. The molecule has 19 nitrogen and oxygen atoms in total. The second-order valence-corrected chi connectivity index (χ2v) is 22.9. The summed E-state index contributed by atoms with van der Waals surface area (Å²) in [5, 5.41) is 120. The third-order valence-corrected chi connectivity index (χ3v) is 16.0. The minimum absolute atomic E-state index is 0.246. The fourth-order valence-corrected chi connectivity index (χ4v) is 10.8. The first kappa shape index (κ1) is 72.5. The van der Waals surface area contributed by atoms with Crippen LogP contribution >= 0.6 is 0 Å². The van der Waals surface area contributed by atoms with Crippen molar-refractivity contribution in [3.63, 3.8) is 0 Å². The minimum Gasteiger partial charge on any atom is -0.394 e. The van der Waals surface area contributed by atoms with Gasteiger partial charge in [0, 0.05) is 6.42 Å². The van der Waals surface area contributed by atoms with Crippen LogP contribution in [0.15, 0.2) is 24.3 Å². The van der Waals surface area contributed by atoms with E-state index in [-0.39, 0.29) is 18.9 Å². The third kappa shape index (κ3) is 28.0. The lowest BCUT2D eigenvalue weighted by molar-refractivity contribution is -0.379. The quantitative estimate of drug-likeness (QED) is 0.0234. The lowest BCUT2D eigenvalue weighted by Crippen LogP contribution is -2.66. The molecular formula is C61H113NO18. The second-order valence-electron chi connectivity index (χ2n) is 22.9. The second kappa shape index (κ2) is 44.7. The Labute approximate surface area is 479 Å². The van der Waals surface area contributed by atoms with Crippen LogP contribution in [0, 0.1) is 0 Å². The number of nitrogens with one attached hydrogen (secondary N) is 1. The molecule has 0 saturated carbocycles. The maximum atomic E-state index is 13.3. The van der Waals surface area contributed by atoms with Crippen LogP contribution in [0.25, 0.3) is 0 Å². The molecule has 80 heavy (non-hydrogen) atoms. The van der Waals surface area contributed by atoms with E-state index in [4.69, 9.17) is 28.4 Å². The Morgan fingerprint density at radius 2 is 0.787 bits per heavy atom. The standard InChI is InChI=1S/C61H113NO18/c1-3-5-7-9-11-13-14-15-16-17-18-19-20-21-22-23-24-25-26-27-28-29-30-31-33-35-37-39-49(67)62-44(45(66)38-36-34-32-12-10-8-6-4-2)43-75-59-55(73)52(70)57(47(41-64)77-59)80-61-56(74)53(71)58(48(42-65)78-61)79-60-54(72)51(69)50(68)46(40-63)76-60/h17-18,36,38,44-48,50-61,63-66,68-74H,3-16,19-35,37,39-43H2,1-2H3,(H,62,67)/b18-17-,38-36+. The van der Waals surface area contributed by atoms with Crippen molar-refractivity contribution >= 4 is 5.91 Å². The summed E-state index contributed by atoms with van der Waals surface area (Å²) in [6.45, 7) is 1.67. The number of hydrogen-bond donors (Lipinski definition) is 12. The Balaban J connectivity index is 1.38. The summed E-state index contributed by atoms with van der Waals surface area (Å²) < 4.78 is 34.2. The van der Waals surface area contributed by atoms with Crippen molar-refractivity contribution in [1.82, 2.24) is 5.32 Å². The van der Waals surface area contributed by atoms with Crippen molar-refractivity contribution in [2.75, 3.05) is 26.4 Å². The van der Waals surface area contributed by atoms with E-state index < -0.39 is 124 Å². The van der Waals surface area contributed by atoms with Gasteiger partial charge in [0.15, 0.2) is 18.9 Å². The normalized spacial score (nSPS) is 30.1. The van der Waals surface area contributed by atoms with Crippen LogP contribution in [-0.2, 0) is 33.2 Å². The van der Waals surface area contributed by atoms with Gasteiger partial charge in [-0.05, 0) is 44.9 Å². The van der Waals surface area contributed by atoms with Crippen molar-refractivity contribution in [1.29, 1.82) is 0 Å². The van der Waals surface area contributed by atoms with Crippen molar-refractivity contribution in [3.8, 4) is 0 Å². The number of ether oxygens (including phenoxy) is 6. The summed E-state index contributed by atoms with van der Waals surface area (Å²) in [4.78, 5) is 13.3. The molecule has 3 aliphatic rings. The number of carbonyl (C=O) groups is 1. The number of unbranched alkanes of at least 4 members (excludes halogenated alkanes) is 29. The number of allylic oxidation sites excluding steroid dienone is 3. The maximum Gasteiger partial charge on any atom is 0.220 e. The molecule has 19 heteroatoms. The van der Waals surface area contributed by atoms with E-state index in [2.05, 4.69) is 31.3 Å². The summed E-state index contributed by atoms with van der Waals surface area (Å²) in [5.41, 5.74) is 0. The molecule has 0 radical (unpaired) electrons. The molecule has 17 atom stereocenters. The highest BCUT2D eigenvalue weighted by atomic mass is 16.8. The molecule has 3 heterocycles. The Hall–Kier alpha value is -1.73. The van der Waals surface area contributed by atoms with Gasteiger partial charge in [-0.15, -0.1) is 0 Å². The predicted octanol–water partition coefficient (Wildman–Crippen LogP) is 6.32. The highest BCUT2D eigenvalue weighted by molar-refractivity contribution is 5.76. The summed E-state index contributed by atoms with van der Waals surface area (Å²) in [6, 6.07) is -0.967. The smallest absolute Gasteiger partial charge is 0.220 e. The van der Waals surface area contributed by atoms with E-state index in [0.717, 1.165) is 51.4 Å². The van der Waals surface area contributed by atoms with E-state index in [9.17, 15) is 61.0 Å². The fraction of sp³-hybridized carbons (Fsp3) is 0.918. The van der Waals surface area contributed by atoms with Gasteiger partial charge >= 0.3 is 0 Å². The van der Waals surface area contributed by atoms with Crippen LogP contribution in [0.4, 0.5) is 0 Å². The molecule has 1 amide bonds. The van der Waals surface area contributed by atoms with Gasteiger partial charge in [-0.3, -0.25) is 4.79 Å². The number of rotatable bonds is 47. The van der Waals surface area contributed by atoms with Gasteiger partial charge in [-0.1, -0.05) is 199 Å². The maximum absolute atomic E-state index is 13.3.